The second-order valence-corrected chi connectivity index (χ2v) is 11.0. The number of rotatable bonds is 9. The van der Waals surface area contributed by atoms with Gasteiger partial charge in [-0.2, -0.15) is 0 Å². The number of aliphatic hydroxyl groups excluding tert-OH is 1. The van der Waals surface area contributed by atoms with Crippen LogP contribution in [0.15, 0.2) is 48.6 Å². The summed E-state index contributed by atoms with van der Waals surface area (Å²) in [6.07, 6.45) is 11.3. The summed E-state index contributed by atoms with van der Waals surface area (Å²) < 4.78 is 12.2. The molecule has 1 aromatic rings. The van der Waals surface area contributed by atoms with Crippen molar-refractivity contribution in [1.29, 1.82) is 0 Å². The van der Waals surface area contributed by atoms with Crippen LogP contribution < -0.4 is 9.64 Å². The van der Waals surface area contributed by atoms with E-state index in [9.17, 15) is 14.4 Å². The molecule has 0 aromatic heterocycles. The SMILES string of the molecule is CC[C@@]12C=CCN(C)C(=O)[C@@H]1[C@H]1C(=O)N(CCCCCCO)C3C(=O)N(c4ccc(OC)cc4)CC=C[C@@]31O2. The van der Waals surface area contributed by atoms with Crippen LogP contribution in [-0.2, 0) is 19.1 Å². The average molecular weight is 538 g/mol. The summed E-state index contributed by atoms with van der Waals surface area (Å²) in [6.45, 7) is 3.27. The van der Waals surface area contributed by atoms with E-state index >= 15 is 0 Å². The monoisotopic (exact) mass is 537 g/mol. The van der Waals surface area contributed by atoms with Gasteiger partial charge in [0.05, 0.1) is 24.5 Å². The van der Waals surface area contributed by atoms with Crippen LogP contribution in [0.4, 0.5) is 5.69 Å². The fourth-order valence-corrected chi connectivity index (χ4v) is 6.86. The van der Waals surface area contributed by atoms with Gasteiger partial charge in [-0.3, -0.25) is 14.4 Å². The molecule has 5 rings (SSSR count). The summed E-state index contributed by atoms with van der Waals surface area (Å²) in [7, 11) is 3.34. The summed E-state index contributed by atoms with van der Waals surface area (Å²) >= 11 is 0. The second-order valence-electron chi connectivity index (χ2n) is 11.0. The Morgan fingerprint density at radius 3 is 2.36 bits per heavy atom. The van der Waals surface area contributed by atoms with Gasteiger partial charge >= 0.3 is 0 Å². The molecule has 0 saturated carbocycles. The molecule has 0 bridgehead atoms. The number of benzene rings is 1. The topological polar surface area (TPSA) is 99.6 Å². The van der Waals surface area contributed by atoms with E-state index in [-0.39, 0.29) is 24.3 Å². The molecule has 4 aliphatic heterocycles. The molecule has 39 heavy (non-hydrogen) atoms. The summed E-state index contributed by atoms with van der Waals surface area (Å²) in [5.74, 6) is -1.37. The first kappa shape index (κ1) is 27.4. The van der Waals surface area contributed by atoms with Crippen molar-refractivity contribution >= 4 is 23.4 Å². The van der Waals surface area contributed by atoms with Gasteiger partial charge in [-0.15, -0.1) is 0 Å². The Morgan fingerprint density at radius 1 is 0.949 bits per heavy atom. The normalized spacial score (nSPS) is 31.7. The zero-order valence-electron chi connectivity index (χ0n) is 23.0. The Labute approximate surface area is 230 Å². The van der Waals surface area contributed by atoms with E-state index in [0.717, 1.165) is 12.8 Å². The first-order chi connectivity index (χ1) is 18.8. The Kier molecular flexibility index (Phi) is 7.57. The van der Waals surface area contributed by atoms with Crippen LogP contribution in [0.5, 0.6) is 5.75 Å². The van der Waals surface area contributed by atoms with Crippen molar-refractivity contribution in [1.82, 2.24) is 9.80 Å². The second kappa shape index (κ2) is 10.8. The van der Waals surface area contributed by atoms with Crippen molar-refractivity contribution in [3.05, 3.63) is 48.6 Å². The van der Waals surface area contributed by atoms with Gasteiger partial charge in [0.25, 0.3) is 5.91 Å². The van der Waals surface area contributed by atoms with Gasteiger partial charge in [0.1, 0.15) is 17.4 Å². The van der Waals surface area contributed by atoms with E-state index in [2.05, 4.69) is 0 Å². The minimum absolute atomic E-state index is 0.127. The lowest BCUT2D eigenvalue weighted by Gasteiger charge is -2.38. The van der Waals surface area contributed by atoms with Crippen LogP contribution >= 0.6 is 0 Å². The van der Waals surface area contributed by atoms with E-state index < -0.39 is 29.1 Å². The third kappa shape index (κ3) is 4.36. The lowest BCUT2D eigenvalue weighted by molar-refractivity contribution is -0.149. The maximum Gasteiger partial charge on any atom is 0.253 e. The Morgan fingerprint density at radius 2 is 1.67 bits per heavy atom. The quantitative estimate of drug-likeness (QED) is 0.384. The van der Waals surface area contributed by atoms with Gasteiger partial charge in [0, 0.05) is 39.0 Å². The number of likely N-dealkylation sites (N-methyl/N-ethyl adjacent to an activating group) is 1. The van der Waals surface area contributed by atoms with Crippen molar-refractivity contribution in [2.24, 2.45) is 11.8 Å². The number of methoxy groups -OCH3 is 1. The highest BCUT2D eigenvalue weighted by molar-refractivity contribution is 6.06. The molecule has 0 aliphatic carbocycles. The Bertz CT molecular complexity index is 1170. The maximum atomic E-state index is 14.5. The standard InChI is InChI=1S/C30H39N3O6/c1-4-29-15-9-17-31(2)26(35)23(29)24-27(36)33(18-7-5-6-8-20-34)25-28(37)32(19-10-16-30(24,25)39-29)21-11-13-22(38-3)14-12-21/h9-16,23-25,34H,4-8,17-20H2,1-3H3/t23-,24-,25?,29+,30-/m0/s1. The van der Waals surface area contributed by atoms with Crippen LogP contribution in [0, 0.1) is 11.8 Å². The van der Waals surface area contributed by atoms with Gasteiger partial charge in [0.2, 0.25) is 11.8 Å². The van der Waals surface area contributed by atoms with E-state index in [1.54, 1.807) is 28.9 Å². The zero-order chi connectivity index (χ0) is 27.8. The number of ether oxygens (including phenoxy) is 2. The number of unbranched alkanes of at least 4 members (excludes halogenated alkanes) is 3. The fourth-order valence-electron chi connectivity index (χ4n) is 6.86. The molecule has 9 nitrogen and oxygen atoms in total. The molecule has 4 aliphatic rings. The van der Waals surface area contributed by atoms with Crippen LogP contribution in [0.1, 0.15) is 39.0 Å². The van der Waals surface area contributed by atoms with Crippen molar-refractivity contribution < 1.29 is 29.0 Å². The molecule has 1 unspecified atom stereocenters. The molecule has 9 heteroatoms. The van der Waals surface area contributed by atoms with Crippen molar-refractivity contribution in [3.63, 3.8) is 0 Å². The first-order valence-electron chi connectivity index (χ1n) is 14.0. The van der Waals surface area contributed by atoms with Crippen LogP contribution in [0.3, 0.4) is 0 Å². The third-order valence-corrected chi connectivity index (χ3v) is 8.83. The predicted octanol–water partition coefficient (Wildman–Crippen LogP) is 2.54. The van der Waals surface area contributed by atoms with Gasteiger partial charge < -0.3 is 29.3 Å². The van der Waals surface area contributed by atoms with Gasteiger partial charge in [-0.25, -0.2) is 0 Å². The molecule has 5 atom stereocenters. The fraction of sp³-hybridized carbons (Fsp3) is 0.567. The van der Waals surface area contributed by atoms with Gasteiger partial charge in [0.15, 0.2) is 0 Å². The van der Waals surface area contributed by atoms with Crippen LogP contribution in [-0.4, -0.2) is 90.3 Å². The Balaban J connectivity index is 1.57. The largest absolute Gasteiger partial charge is 0.497 e. The summed E-state index contributed by atoms with van der Waals surface area (Å²) in [6, 6.07) is 6.40. The molecule has 1 spiro atoms. The van der Waals surface area contributed by atoms with E-state index in [0.29, 0.717) is 50.3 Å². The van der Waals surface area contributed by atoms with Gasteiger partial charge in [-0.05, 0) is 43.5 Å². The highest BCUT2D eigenvalue weighted by atomic mass is 16.5. The third-order valence-electron chi connectivity index (χ3n) is 8.83. The molecule has 2 fully saturated rings. The smallest absolute Gasteiger partial charge is 0.253 e. The summed E-state index contributed by atoms with van der Waals surface area (Å²) in [5, 5.41) is 9.16. The molecule has 4 heterocycles. The average Bonchev–Trinajstić information content (AvgIpc) is 3.24. The number of carbonyl (C=O) groups is 3. The minimum Gasteiger partial charge on any atom is -0.497 e. The number of likely N-dealkylation sites (tertiary alicyclic amines) is 1. The lowest BCUT2D eigenvalue weighted by Crippen LogP contribution is -2.56. The van der Waals surface area contributed by atoms with Crippen LogP contribution in [0.2, 0.25) is 0 Å². The van der Waals surface area contributed by atoms with Gasteiger partial charge in [-0.1, -0.05) is 44.1 Å². The van der Waals surface area contributed by atoms with Crippen molar-refractivity contribution in [3.8, 4) is 5.75 Å². The lowest BCUT2D eigenvalue weighted by atomic mass is 9.73. The van der Waals surface area contributed by atoms with Crippen molar-refractivity contribution in [2.45, 2.75) is 56.3 Å². The molecule has 1 N–H and O–H groups in total. The number of hydrogen-bond donors (Lipinski definition) is 1. The first-order valence-corrected chi connectivity index (χ1v) is 14.0. The molecule has 1 aromatic carbocycles. The number of amides is 3. The van der Waals surface area contributed by atoms with E-state index in [1.165, 1.54) is 0 Å². The highest BCUT2D eigenvalue weighted by Gasteiger charge is 2.75. The zero-order valence-corrected chi connectivity index (χ0v) is 23.0. The number of hydrogen-bond acceptors (Lipinski definition) is 6. The summed E-state index contributed by atoms with van der Waals surface area (Å²) in [4.78, 5) is 47.6. The molecule has 3 amide bonds. The summed E-state index contributed by atoms with van der Waals surface area (Å²) in [5.41, 5.74) is -1.51. The minimum atomic E-state index is -1.25. The molecular weight excluding hydrogens is 498 g/mol. The number of nitrogens with zero attached hydrogens (tertiary/aromatic N) is 3. The molecule has 0 radical (unpaired) electrons. The Hall–Kier alpha value is -3.17. The predicted molar refractivity (Wildman–Crippen MR) is 146 cm³/mol. The molecular formula is C30H39N3O6. The molecule has 210 valence electrons. The number of aliphatic hydroxyl groups is 1. The van der Waals surface area contributed by atoms with E-state index in [1.807, 2.05) is 55.5 Å². The maximum absolute atomic E-state index is 14.5. The van der Waals surface area contributed by atoms with Crippen LogP contribution in [0.25, 0.3) is 0 Å². The number of fused-ring (bicyclic) bond motifs is 2. The van der Waals surface area contributed by atoms with E-state index in [4.69, 9.17) is 14.6 Å². The number of anilines is 1. The highest BCUT2D eigenvalue weighted by Crippen LogP contribution is 2.58. The molecule has 2 saturated heterocycles. The number of carbonyl (C=O) groups excluding carboxylic acids is 3. The van der Waals surface area contributed by atoms with Crippen molar-refractivity contribution in [2.75, 3.05) is 45.3 Å².